The number of nitrogens with one attached hydrogen (secondary N) is 2. The van der Waals surface area contributed by atoms with E-state index < -0.39 is 0 Å². The van der Waals surface area contributed by atoms with Crippen LogP contribution in [0.15, 0.2) is 42.5 Å². The molecule has 2 rings (SSSR count). The molecular formula is C22H31N2O3+. The molecule has 0 fully saturated rings. The van der Waals surface area contributed by atoms with Crippen molar-refractivity contribution in [2.45, 2.75) is 32.7 Å². The molecule has 2 aromatic carbocycles. The highest BCUT2D eigenvalue weighted by Gasteiger charge is 2.16. The predicted octanol–water partition coefficient (Wildman–Crippen LogP) is 2.65. The van der Waals surface area contributed by atoms with Gasteiger partial charge in [-0.15, -0.1) is 0 Å². The Hall–Kier alpha value is -2.53. The molecule has 2 aromatic rings. The number of ether oxygens (including phenoxy) is 2. The first-order chi connectivity index (χ1) is 12.7. The topological polar surface area (TPSA) is 52.0 Å². The molecule has 0 aliphatic heterocycles. The van der Waals surface area contributed by atoms with Gasteiger partial charge in [0.05, 0.1) is 21.3 Å². The summed E-state index contributed by atoms with van der Waals surface area (Å²) in [5, 5.41) is 2.97. The molecule has 1 amide bonds. The molecule has 0 aliphatic rings. The van der Waals surface area contributed by atoms with E-state index in [1.165, 1.54) is 5.56 Å². The second kappa shape index (κ2) is 8.91. The molecule has 5 heteroatoms. The Bertz CT molecular complexity index is 764. The van der Waals surface area contributed by atoms with E-state index in [9.17, 15) is 4.79 Å². The SMILES string of the molecule is COc1ccc(C[NH+](C)CC(=O)Nc2ccc(C(C)(C)C)cc2)c(OC)c1. The van der Waals surface area contributed by atoms with Crippen molar-refractivity contribution >= 4 is 11.6 Å². The van der Waals surface area contributed by atoms with Gasteiger partial charge in [-0.3, -0.25) is 4.79 Å². The summed E-state index contributed by atoms with van der Waals surface area (Å²) in [5.41, 5.74) is 3.21. The monoisotopic (exact) mass is 371 g/mol. The van der Waals surface area contributed by atoms with Gasteiger partial charge in [-0.25, -0.2) is 0 Å². The summed E-state index contributed by atoms with van der Waals surface area (Å²) < 4.78 is 10.7. The molecule has 5 nitrogen and oxygen atoms in total. The van der Waals surface area contributed by atoms with Crippen molar-refractivity contribution in [2.24, 2.45) is 0 Å². The van der Waals surface area contributed by atoms with Crippen LogP contribution >= 0.6 is 0 Å². The molecule has 0 aromatic heterocycles. The van der Waals surface area contributed by atoms with Crippen LogP contribution in [0.1, 0.15) is 31.9 Å². The number of carbonyl (C=O) groups is 1. The maximum atomic E-state index is 12.4. The summed E-state index contributed by atoms with van der Waals surface area (Å²) in [5.74, 6) is 1.51. The fourth-order valence-corrected chi connectivity index (χ4v) is 2.92. The Balaban J connectivity index is 1.94. The normalized spacial score (nSPS) is 12.4. The minimum atomic E-state index is -0.0107. The summed E-state index contributed by atoms with van der Waals surface area (Å²) in [6.45, 7) is 7.57. The van der Waals surface area contributed by atoms with Crippen LogP contribution in [0.5, 0.6) is 11.5 Å². The van der Waals surface area contributed by atoms with E-state index in [0.29, 0.717) is 13.1 Å². The van der Waals surface area contributed by atoms with Crippen molar-refractivity contribution in [1.82, 2.24) is 0 Å². The predicted molar refractivity (Wildman–Crippen MR) is 109 cm³/mol. The molecular weight excluding hydrogens is 340 g/mol. The lowest BCUT2D eigenvalue weighted by Gasteiger charge is -2.19. The van der Waals surface area contributed by atoms with E-state index in [1.807, 2.05) is 37.4 Å². The van der Waals surface area contributed by atoms with Gasteiger partial charge in [-0.2, -0.15) is 0 Å². The first-order valence-corrected chi connectivity index (χ1v) is 9.15. The zero-order valence-electron chi connectivity index (χ0n) is 17.2. The highest BCUT2D eigenvalue weighted by molar-refractivity contribution is 5.91. The lowest BCUT2D eigenvalue weighted by Crippen LogP contribution is -3.08. The molecule has 0 spiro atoms. The van der Waals surface area contributed by atoms with Crippen LogP contribution in [-0.4, -0.2) is 33.7 Å². The third kappa shape index (κ3) is 6.00. The van der Waals surface area contributed by atoms with Gasteiger partial charge in [0.2, 0.25) is 0 Å². The van der Waals surface area contributed by atoms with Gasteiger partial charge in [0, 0.05) is 17.3 Å². The Morgan fingerprint density at radius 1 is 1.04 bits per heavy atom. The molecule has 0 radical (unpaired) electrons. The fourth-order valence-electron chi connectivity index (χ4n) is 2.92. The lowest BCUT2D eigenvalue weighted by molar-refractivity contribution is -0.885. The summed E-state index contributed by atoms with van der Waals surface area (Å²) in [7, 11) is 5.26. The lowest BCUT2D eigenvalue weighted by atomic mass is 9.87. The number of hydrogen-bond acceptors (Lipinski definition) is 3. The molecule has 27 heavy (non-hydrogen) atoms. The number of anilines is 1. The number of carbonyl (C=O) groups excluding carboxylic acids is 1. The molecule has 0 heterocycles. The smallest absolute Gasteiger partial charge is 0.279 e. The first-order valence-electron chi connectivity index (χ1n) is 9.15. The maximum absolute atomic E-state index is 12.4. The average Bonchev–Trinajstić information content (AvgIpc) is 2.61. The minimum Gasteiger partial charge on any atom is -0.497 e. The van der Waals surface area contributed by atoms with Crippen molar-refractivity contribution < 1.29 is 19.2 Å². The van der Waals surface area contributed by atoms with E-state index in [2.05, 4.69) is 38.2 Å². The third-order valence-corrected chi connectivity index (χ3v) is 4.48. The summed E-state index contributed by atoms with van der Waals surface area (Å²) in [6.07, 6.45) is 0. The minimum absolute atomic E-state index is 0.0107. The van der Waals surface area contributed by atoms with Crippen molar-refractivity contribution in [3.05, 3.63) is 53.6 Å². The van der Waals surface area contributed by atoms with Crippen LogP contribution in [0, 0.1) is 0 Å². The highest BCUT2D eigenvalue weighted by Crippen LogP contribution is 2.24. The van der Waals surface area contributed by atoms with Crippen LogP contribution in [-0.2, 0) is 16.8 Å². The quantitative estimate of drug-likeness (QED) is 0.787. The average molecular weight is 372 g/mol. The van der Waals surface area contributed by atoms with Crippen LogP contribution in [0.3, 0.4) is 0 Å². The molecule has 0 aliphatic carbocycles. The van der Waals surface area contributed by atoms with E-state index in [0.717, 1.165) is 27.6 Å². The zero-order valence-corrected chi connectivity index (χ0v) is 17.2. The van der Waals surface area contributed by atoms with Gasteiger partial charge < -0.3 is 19.7 Å². The number of amides is 1. The van der Waals surface area contributed by atoms with Gasteiger partial charge in [0.15, 0.2) is 6.54 Å². The first kappa shape index (κ1) is 20.8. The van der Waals surface area contributed by atoms with Crippen molar-refractivity contribution in [3.63, 3.8) is 0 Å². The molecule has 0 saturated carbocycles. The molecule has 146 valence electrons. The van der Waals surface area contributed by atoms with Gasteiger partial charge in [0.1, 0.15) is 18.0 Å². The number of likely N-dealkylation sites (N-methyl/N-ethyl adjacent to an activating group) is 1. The fraction of sp³-hybridized carbons (Fsp3) is 0.409. The standard InChI is InChI=1S/C22H30N2O3/c1-22(2,3)17-8-10-18(11-9-17)23-21(25)15-24(4)14-16-7-12-19(26-5)13-20(16)27-6/h7-13H,14-15H2,1-6H3,(H,23,25)/p+1. The summed E-state index contributed by atoms with van der Waals surface area (Å²) in [4.78, 5) is 13.4. The number of methoxy groups -OCH3 is 2. The second-order valence-corrected chi connectivity index (χ2v) is 7.86. The van der Waals surface area contributed by atoms with Crippen LogP contribution in [0.2, 0.25) is 0 Å². The largest absolute Gasteiger partial charge is 0.497 e. The van der Waals surface area contributed by atoms with Gasteiger partial charge >= 0.3 is 0 Å². The number of hydrogen-bond donors (Lipinski definition) is 2. The number of quaternary nitrogens is 1. The van der Waals surface area contributed by atoms with Crippen LogP contribution < -0.4 is 19.7 Å². The van der Waals surface area contributed by atoms with Gasteiger partial charge in [-0.05, 0) is 35.2 Å². The molecule has 0 saturated heterocycles. The maximum Gasteiger partial charge on any atom is 0.279 e. The molecule has 2 N–H and O–H groups in total. The van der Waals surface area contributed by atoms with E-state index >= 15 is 0 Å². The second-order valence-electron chi connectivity index (χ2n) is 7.86. The van der Waals surface area contributed by atoms with Crippen molar-refractivity contribution in [2.75, 3.05) is 33.1 Å². The third-order valence-electron chi connectivity index (χ3n) is 4.48. The molecule has 1 atom stereocenters. The summed E-state index contributed by atoms with van der Waals surface area (Å²) >= 11 is 0. The van der Waals surface area contributed by atoms with Crippen molar-refractivity contribution in [3.8, 4) is 11.5 Å². The Kier molecular flexibility index (Phi) is 6.86. The Morgan fingerprint density at radius 3 is 2.26 bits per heavy atom. The Morgan fingerprint density at radius 2 is 1.70 bits per heavy atom. The number of rotatable bonds is 7. The molecule has 0 bridgehead atoms. The summed E-state index contributed by atoms with van der Waals surface area (Å²) in [6, 6.07) is 13.8. The molecule has 1 unspecified atom stereocenters. The Labute approximate surface area is 162 Å². The van der Waals surface area contributed by atoms with E-state index in [4.69, 9.17) is 9.47 Å². The highest BCUT2D eigenvalue weighted by atomic mass is 16.5. The van der Waals surface area contributed by atoms with Gasteiger partial charge in [0.25, 0.3) is 5.91 Å². The van der Waals surface area contributed by atoms with Crippen LogP contribution in [0.25, 0.3) is 0 Å². The van der Waals surface area contributed by atoms with Crippen molar-refractivity contribution in [1.29, 1.82) is 0 Å². The van der Waals surface area contributed by atoms with E-state index in [-0.39, 0.29) is 11.3 Å². The number of benzene rings is 2. The van der Waals surface area contributed by atoms with Gasteiger partial charge in [-0.1, -0.05) is 32.9 Å². The van der Waals surface area contributed by atoms with E-state index in [1.54, 1.807) is 14.2 Å². The van der Waals surface area contributed by atoms with Crippen LogP contribution in [0.4, 0.5) is 5.69 Å². The zero-order chi connectivity index (χ0) is 20.0.